The summed E-state index contributed by atoms with van der Waals surface area (Å²) >= 11 is 0. The first-order chi connectivity index (χ1) is 12.6. The lowest BCUT2D eigenvalue weighted by Gasteiger charge is -2.21. The predicted octanol–water partition coefficient (Wildman–Crippen LogP) is 4.05. The molecule has 0 heterocycles. The Labute approximate surface area is 152 Å². The molecule has 0 N–H and O–H groups in total. The molecule has 5 heteroatoms. The minimum Gasteiger partial charge on any atom is -0.493 e. The van der Waals surface area contributed by atoms with Crippen molar-refractivity contribution in [2.45, 2.75) is 25.4 Å². The Morgan fingerprint density at radius 3 is 2.54 bits per heavy atom. The molecule has 1 aliphatic rings. The number of carbonyl (C=O) groups excluding carboxylic acids is 1. The molecule has 0 bridgehead atoms. The zero-order valence-corrected chi connectivity index (χ0v) is 14.9. The van der Waals surface area contributed by atoms with Gasteiger partial charge in [0.15, 0.2) is 11.5 Å². The number of nitrogens with zero attached hydrogens (tertiary/aromatic N) is 1. The third kappa shape index (κ3) is 4.23. The van der Waals surface area contributed by atoms with Crippen molar-refractivity contribution in [2.24, 2.45) is 0 Å². The monoisotopic (exact) mass is 355 g/mol. The van der Waals surface area contributed by atoms with Gasteiger partial charge in [-0.2, -0.15) is 0 Å². The van der Waals surface area contributed by atoms with E-state index in [9.17, 15) is 9.18 Å². The molecule has 1 aliphatic carbocycles. The Kier molecular flexibility index (Phi) is 5.56. The summed E-state index contributed by atoms with van der Waals surface area (Å²) in [5, 5.41) is 0. The first-order valence-electron chi connectivity index (χ1n) is 8.56. The minimum absolute atomic E-state index is 0.120. The first-order valence-corrected chi connectivity index (χ1v) is 8.56. The number of carbonyl (C=O) groups is 1. The number of ether oxygens (including phenoxy) is 2. The molecule has 0 saturated heterocycles. The van der Waals surface area contributed by atoms with Gasteiger partial charge in [-0.1, -0.05) is 24.3 Å². The number of hydrogen-bond acceptors (Lipinski definition) is 3. The highest BCUT2D eigenvalue weighted by molar-refractivity contribution is 5.92. The maximum atomic E-state index is 13.9. The standard InChI is InChI=1S/C21H22FNO3/c1-25-19-11-7-15(13-20(19)26-2)8-12-21(24)23(17-9-10-17)14-16-5-3-4-6-18(16)22/h3-8,11-13,17H,9-10,14H2,1-2H3/b12-8+. The molecule has 2 aromatic rings. The van der Waals surface area contributed by atoms with Crippen molar-refractivity contribution in [3.05, 3.63) is 65.5 Å². The van der Waals surface area contributed by atoms with Gasteiger partial charge in [-0.25, -0.2) is 4.39 Å². The van der Waals surface area contributed by atoms with E-state index in [0.717, 1.165) is 18.4 Å². The van der Waals surface area contributed by atoms with E-state index in [4.69, 9.17) is 9.47 Å². The van der Waals surface area contributed by atoms with Gasteiger partial charge in [0.25, 0.3) is 0 Å². The zero-order valence-electron chi connectivity index (χ0n) is 14.9. The molecule has 1 saturated carbocycles. The maximum absolute atomic E-state index is 13.9. The number of amides is 1. The summed E-state index contributed by atoms with van der Waals surface area (Å²) in [7, 11) is 3.15. The fourth-order valence-electron chi connectivity index (χ4n) is 2.80. The zero-order chi connectivity index (χ0) is 18.5. The molecule has 0 radical (unpaired) electrons. The summed E-state index contributed by atoms with van der Waals surface area (Å²) in [4.78, 5) is 14.4. The van der Waals surface area contributed by atoms with Crippen molar-refractivity contribution < 1.29 is 18.7 Å². The second-order valence-electron chi connectivity index (χ2n) is 6.24. The molecule has 0 atom stereocenters. The predicted molar refractivity (Wildman–Crippen MR) is 98.6 cm³/mol. The molecular formula is C21H22FNO3. The molecule has 0 aromatic heterocycles. The molecule has 2 aromatic carbocycles. The van der Waals surface area contributed by atoms with E-state index in [1.54, 1.807) is 55.5 Å². The van der Waals surface area contributed by atoms with E-state index in [0.29, 0.717) is 17.1 Å². The van der Waals surface area contributed by atoms with Crippen LogP contribution in [0, 0.1) is 5.82 Å². The Bertz CT molecular complexity index is 815. The molecule has 3 rings (SSSR count). The van der Waals surface area contributed by atoms with Gasteiger partial charge >= 0.3 is 0 Å². The average Bonchev–Trinajstić information content (AvgIpc) is 3.50. The highest BCUT2D eigenvalue weighted by atomic mass is 19.1. The van der Waals surface area contributed by atoms with E-state index >= 15 is 0 Å². The number of hydrogen-bond donors (Lipinski definition) is 0. The van der Waals surface area contributed by atoms with E-state index in [2.05, 4.69) is 0 Å². The summed E-state index contributed by atoms with van der Waals surface area (Å²) in [5.41, 5.74) is 1.37. The molecule has 26 heavy (non-hydrogen) atoms. The van der Waals surface area contributed by atoms with Gasteiger partial charge in [0.05, 0.1) is 14.2 Å². The van der Waals surface area contributed by atoms with Gasteiger partial charge in [-0.15, -0.1) is 0 Å². The van der Waals surface area contributed by atoms with Crippen LogP contribution in [0.2, 0.25) is 0 Å². The quantitative estimate of drug-likeness (QED) is 0.704. The van der Waals surface area contributed by atoms with Crippen molar-refractivity contribution in [1.29, 1.82) is 0 Å². The summed E-state index contributed by atoms with van der Waals surface area (Å²) in [6.07, 6.45) is 5.19. The fourth-order valence-corrected chi connectivity index (χ4v) is 2.80. The normalized spacial score (nSPS) is 13.7. The van der Waals surface area contributed by atoms with Crippen molar-refractivity contribution in [3.63, 3.8) is 0 Å². The Morgan fingerprint density at radius 1 is 1.15 bits per heavy atom. The van der Waals surface area contributed by atoms with Crippen LogP contribution in [0.25, 0.3) is 6.08 Å². The van der Waals surface area contributed by atoms with Crippen LogP contribution in [-0.2, 0) is 11.3 Å². The number of rotatable bonds is 7. The number of halogens is 1. The van der Waals surface area contributed by atoms with Crippen LogP contribution in [-0.4, -0.2) is 31.1 Å². The molecule has 0 spiro atoms. The van der Waals surface area contributed by atoms with Crippen LogP contribution in [0.15, 0.2) is 48.5 Å². The van der Waals surface area contributed by atoms with Crippen LogP contribution in [0.5, 0.6) is 11.5 Å². The molecule has 0 unspecified atom stereocenters. The summed E-state index contributed by atoms with van der Waals surface area (Å²) in [5.74, 6) is 0.836. The second kappa shape index (κ2) is 8.04. The van der Waals surface area contributed by atoms with Gasteiger partial charge in [0.1, 0.15) is 5.82 Å². The lowest BCUT2D eigenvalue weighted by Crippen LogP contribution is -2.31. The Morgan fingerprint density at radius 2 is 1.88 bits per heavy atom. The average molecular weight is 355 g/mol. The lowest BCUT2D eigenvalue weighted by atomic mass is 10.1. The van der Waals surface area contributed by atoms with Crippen molar-refractivity contribution >= 4 is 12.0 Å². The number of benzene rings is 2. The van der Waals surface area contributed by atoms with Gasteiger partial charge in [-0.3, -0.25) is 4.79 Å². The van der Waals surface area contributed by atoms with E-state index in [1.807, 2.05) is 6.07 Å². The molecule has 4 nitrogen and oxygen atoms in total. The van der Waals surface area contributed by atoms with Crippen LogP contribution in [0.3, 0.4) is 0 Å². The fraction of sp³-hybridized carbons (Fsp3) is 0.286. The maximum Gasteiger partial charge on any atom is 0.247 e. The minimum atomic E-state index is -0.283. The summed E-state index contributed by atoms with van der Waals surface area (Å²) < 4.78 is 24.4. The highest BCUT2D eigenvalue weighted by Crippen LogP contribution is 2.30. The van der Waals surface area contributed by atoms with Crippen LogP contribution < -0.4 is 9.47 Å². The molecule has 0 aliphatic heterocycles. The Balaban J connectivity index is 1.74. The third-order valence-electron chi connectivity index (χ3n) is 4.40. The Hall–Kier alpha value is -2.82. The SMILES string of the molecule is COc1ccc(/C=C/C(=O)N(Cc2ccccc2F)C2CC2)cc1OC. The second-order valence-corrected chi connectivity index (χ2v) is 6.24. The smallest absolute Gasteiger partial charge is 0.247 e. The largest absolute Gasteiger partial charge is 0.493 e. The van der Waals surface area contributed by atoms with Crippen LogP contribution in [0.1, 0.15) is 24.0 Å². The van der Waals surface area contributed by atoms with Crippen molar-refractivity contribution in [1.82, 2.24) is 4.90 Å². The van der Waals surface area contributed by atoms with E-state index in [-0.39, 0.29) is 24.3 Å². The van der Waals surface area contributed by atoms with Gasteiger partial charge < -0.3 is 14.4 Å². The van der Waals surface area contributed by atoms with Crippen LogP contribution in [0.4, 0.5) is 4.39 Å². The molecule has 136 valence electrons. The summed E-state index contributed by atoms with van der Waals surface area (Å²) in [6, 6.07) is 12.2. The van der Waals surface area contributed by atoms with Gasteiger partial charge in [-0.05, 0) is 42.7 Å². The van der Waals surface area contributed by atoms with E-state index in [1.165, 1.54) is 12.1 Å². The first kappa shape index (κ1) is 18.0. The molecular weight excluding hydrogens is 333 g/mol. The highest BCUT2D eigenvalue weighted by Gasteiger charge is 2.31. The van der Waals surface area contributed by atoms with Crippen molar-refractivity contribution in [3.8, 4) is 11.5 Å². The van der Waals surface area contributed by atoms with E-state index < -0.39 is 0 Å². The summed E-state index contributed by atoms with van der Waals surface area (Å²) in [6.45, 7) is 0.284. The van der Waals surface area contributed by atoms with Gasteiger partial charge in [0.2, 0.25) is 5.91 Å². The molecule has 1 fully saturated rings. The topological polar surface area (TPSA) is 38.8 Å². The lowest BCUT2D eigenvalue weighted by molar-refractivity contribution is -0.127. The third-order valence-corrected chi connectivity index (χ3v) is 4.40. The number of methoxy groups -OCH3 is 2. The van der Waals surface area contributed by atoms with Gasteiger partial charge in [0, 0.05) is 24.2 Å². The molecule has 1 amide bonds. The van der Waals surface area contributed by atoms with Crippen LogP contribution >= 0.6 is 0 Å². The van der Waals surface area contributed by atoms with Crippen molar-refractivity contribution in [2.75, 3.05) is 14.2 Å².